The summed E-state index contributed by atoms with van der Waals surface area (Å²) in [6.45, 7) is 7.90. The van der Waals surface area contributed by atoms with Gasteiger partial charge in [-0.15, -0.1) is 10.2 Å². The maximum absolute atomic E-state index is 9.89. The van der Waals surface area contributed by atoms with Crippen molar-refractivity contribution < 1.29 is 5.11 Å². The molecule has 0 bridgehead atoms. The summed E-state index contributed by atoms with van der Waals surface area (Å²) in [5.41, 5.74) is 6.86. The van der Waals surface area contributed by atoms with Gasteiger partial charge in [0, 0.05) is 6.20 Å². The first kappa shape index (κ1) is 20.7. The molecule has 0 aliphatic carbocycles. The van der Waals surface area contributed by atoms with Gasteiger partial charge in [-0.05, 0) is 56.5 Å². The van der Waals surface area contributed by atoms with Gasteiger partial charge < -0.3 is 15.0 Å². The molecule has 7 nitrogen and oxygen atoms in total. The summed E-state index contributed by atoms with van der Waals surface area (Å²) < 4.78 is 1.86. The zero-order valence-electron chi connectivity index (χ0n) is 18.2. The van der Waals surface area contributed by atoms with E-state index in [0.717, 1.165) is 28.3 Å². The van der Waals surface area contributed by atoms with Crippen molar-refractivity contribution in [3.63, 3.8) is 0 Å². The smallest absolute Gasteiger partial charge is 0.152 e. The van der Waals surface area contributed by atoms with Crippen molar-refractivity contribution in [3.8, 4) is 17.1 Å². The molecule has 3 heterocycles. The highest BCUT2D eigenvalue weighted by atomic mass is 16.3. The second kappa shape index (κ2) is 8.65. The Morgan fingerprint density at radius 3 is 2.45 bits per heavy atom. The predicted molar refractivity (Wildman–Crippen MR) is 121 cm³/mol. The summed E-state index contributed by atoms with van der Waals surface area (Å²) in [7, 11) is 0. The summed E-state index contributed by atoms with van der Waals surface area (Å²) in [5, 5.41) is 22.3. The van der Waals surface area contributed by atoms with Crippen LogP contribution in [0.15, 0.2) is 55.0 Å². The number of aromatic nitrogens is 5. The monoisotopic (exact) mass is 414 g/mol. The molecule has 0 saturated heterocycles. The number of nitrogens with zero attached hydrogens (tertiary/aromatic N) is 5. The van der Waals surface area contributed by atoms with E-state index >= 15 is 0 Å². The zero-order chi connectivity index (χ0) is 22.0. The maximum Gasteiger partial charge on any atom is 0.152 e. The summed E-state index contributed by atoms with van der Waals surface area (Å²) in [4.78, 5) is 8.92. The van der Waals surface area contributed by atoms with Crippen molar-refractivity contribution in [2.45, 2.75) is 40.3 Å². The number of hydrogen-bond donors (Lipinski definition) is 2. The number of pyridine rings is 1. The van der Waals surface area contributed by atoms with E-state index in [0.29, 0.717) is 17.1 Å². The molecule has 0 amide bonds. The molecule has 4 aromatic rings. The Hall–Kier alpha value is -3.58. The first-order valence-corrected chi connectivity index (χ1v) is 10.3. The molecule has 4 rings (SSSR count). The van der Waals surface area contributed by atoms with Gasteiger partial charge in [0.05, 0.1) is 41.7 Å². The number of aliphatic hydroxyl groups is 1. The van der Waals surface area contributed by atoms with E-state index in [-0.39, 0.29) is 12.6 Å². The van der Waals surface area contributed by atoms with Crippen molar-refractivity contribution >= 4 is 5.82 Å². The lowest BCUT2D eigenvalue weighted by atomic mass is 10.1. The molecular formula is C24H26N6O. The van der Waals surface area contributed by atoms with Crippen LogP contribution in [0.1, 0.15) is 41.0 Å². The lowest BCUT2D eigenvalue weighted by Crippen LogP contribution is -2.11. The van der Waals surface area contributed by atoms with Gasteiger partial charge in [0.1, 0.15) is 5.69 Å². The van der Waals surface area contributed by atoms with Crippen molar-refractivity contribution in [1.29, 1.82) is 0 Å². The number of benzene rings is 1. The summed E-state index contributed by atoms with van der Waals surface area (Å²) in [6, 6.07) is 14.2. The van der Waals surface area contributed by atoms with Crippen molar-refractivity contribution in [3.05, 3.63) is 83.1 Å². The third-order valence-corrected chi connectivity index (χ3v) is 5.51. The van der Waals surface area contributed by atoms with Crippen LogP contribution >= 0.6 is 0 Å². The average molecular weight is 415 g/mol. The minimum Gasteiger partial charge on any atom is -0.390 e. The molecule has 7 heteroatoms. The summed E-state index contributed by atoms with van der Waals surface area (Å²) >= 11 is 0. The predicted octanol–water partition coefficient (Wildman–Crippen LogP) is 4.31. The average Bonchev–Trinajstić information content (AvgIpc) is 3.23. The molecule has 158 valence electrons. The minimum absolute atomic E-state index is 0.108. The molecule has 0 unspecified atom stereocenters. The van der Waals surface area contributed by atoms with E-state index < -0.39 is 0 Å². The topological polar surface area (TPSA) is 88.8 Å². The lowest BCUT2D eigenvalue weighted by Gasteiger charge is -2.18. The van der Waals surface area contributed by atoms with E-state index in [1.54, 1.807) is 6.33 Å². The van der Waals surface area contributed by atoms with Crippen LogP contribution in [-0.2, 0) is 6.61 Å². The quantitative estimate of drug-likeness (QED) is 0.489. The standard InChI is InChI=1S/C24H26N6O/c1-15-12-30(14-25-15)22-11-10-20(27-21(22)13-31)23-16(2)17(3)24(29-28-23)26-18(4)19-8-6-5-7-9-19/h5-12,14,18,31H,13H2,1-4H3,(H,26,29)/t18-/m0/s1. The minimum atomic E-state index is -0.180. The highest BCUT2D eigenvalue weighted by Gasteiger charge is 2.16. The maximum atomic E-state index is 9.89. The van der Waals surface area contributed by atoms with Crippen LogP contribution < -0.4 is 5.32 Å². The third kappa shape index (κ3) is 4.18. The van der Waals surface area contributed by atoms with Crippen molar-refractivity contribution in [2.75, 3.05) is 5.32 Å². The fraction of sp³-hybridized carbons (Fsp3) is 0.250. The number of nitrogens with one attached hydrogen (secondary N) is 1. The molecular weight excluding hydrogens is 388 g/mol. The molecule has 1 atom stereocenters. The number of aryl methyl sites for hydroxylation is 1. The first-order valence-electron chi connectivity index (χ1n) is 10.3. The van der Waals surface area contributed by atoms with Crippen LogP contribution in [0.2, 0.25) is 0 Å². The Bertz CT molecular complexity index is 1200. The zero-order valence-corrected chi connectivity index (χ0v) is 18.2. The number of aliphatic hydroxyl groups excluding tert-OH is 1. The molecule has 0 aliphatic heterocycles. The van der Waals surface area contributed by atoms with Gasteiger partial charge in [0.25, 0.3) is 0 Å². The van der Waals surface area contributed by atoms with E-state index in [1.165, 1.54) is 5.56 Å². The molecule has 0 spiro atoms. The van der Waals surface area contributed by atoms with Gasteiger partial charge in [-0.1, -0.05) is 30.3 Å². The Balaban J connectivity index is 1.65. The van der Waals surface area contributed by atoms with E-state index in [2.05, 4.69) is 44.5 Å². The van der Waals surface area contributed by atoms with Gasteiger partial charge in [-0.3, -0.25) is 0 Å². The van der Waals surface area contributed by atoms with Crippen LogP contribution in [0.5, 0.6) is 0 Å². The van der Waals surface area contributed by atoms with Crippen LogP contribution in [0.25, 0.3) is 17.1 Å². The van der Waals surface area contributed by atoms with Crippen molar-refractivity contribution in [1.82, 2.24) is 24.7 Å². The van der Waals surface area contributed by atoms with Gasteiger partial charge in [-0.25, -0.2) is 9.97 Å². The fourth-order valence-electron chi connectivity index (χ4n) is 3.55. The second-order valence-electron chi connectivity index (χ2n) is 7.67. The number of imidazole rings is 1. The lowest BCUT2D eigenvalue weighted by molar-refractivity contribution is 0.276. The van der Waals surface area contributed by atoms with E-state index in [9.17, 15) is 5.11 Å². The Morgan fingerprint density at radius 1 is 1.00 bits per heavy atom. The first-order chi connectivity index (χ1) is 15.0. The number of rotatable bonds is 6. The van der Waals surface area contributed by atoms with Gasteiger partial charge >= 0.3 is 0 Å². The SMILES string of the molecule is Cc1cn(-c2ccc(-c3nnc(N[C@@H](C)c4ccccc4)c(C)c3C)nc2CO)cn1. The number of hydrogen-bond acceptors (Lipinski definition) is 6. The van der Waals surface area contributed by atoms with Crippen molar-refractivity contribution in [2.24, 2.45) is 0 Å². The molecule has 0 aliphatic rings. The Morgan fingerprint density at radius 2 is 1.77 bits per heavy atom. The van der Waals surface area contributed by atoms with Gasteiger partial charge in [-0.2, -0.15) is 0 Å². The van der Waals surface area contributed by atoms with Crippen LogP contribution in [0.4, 0.5) is 5.82 Å². The van der Waals surface area contributed by atoms with Gasteiger partial charge in [0.15, 0.2) is 5.82 Å². The second-order valence-corrected chi connectivity index (χ2v) is 7.67. The Labute approximate surface area is 181 Å². The number of anilines is 1. The molecule has 0 saturated carbocycles. The van der Waals surface area contributed by atoms with Crippen LogP contribution in [0, 0.1) is 20.8 Å². The molecule has 3 aromatic heterocycles. The van der Waals surface area contributed by atoms with Crippen LogP contribution in [0.3, 0.4) is 0 Å². The molecule has 0 fully saturated rings. The fourth-order valence-corrected chi connectivity index (χ4v) is 3.55. The highest BCUT2D eigenvalue weighted by molar-refractivity contribution is 5.65. The van der Waals surface area contributed by atoms with Crippen LogP contribution in [-0.4, -0.2) is 29.8 Å². The van der Waals surface area contributed by atoms with E-state index in [4.69, 9.17) is 0 Å². The molecule has 0 radical (unpaired) electrons. The molecule has 2 N–H and O–H groups in total. The highest BCUT2D eigenvalue weighted by Crippen LogP contribution is 2.28. The summed E-state index contributed by atoms with van der Waals surface area (Å²) in [6.07, 6.45) is 3.62. The molecule has 31 heavy (non-hydrogen) atoms. The third-order valence-electron chi connectivity index (χ3n) is 5.51. The Kier molecular flexibility index (Phi) is 5.77. The summed E-state index contributed by atoms with van der Waals surface area (Å²) in [5.74, 6) is 0.755. The normalized spacial score (nSPS) is 12.0. The van der Waals surface area contributed by atoms with E-state index in [1.807, 2.05) is 61.9 Å². The molecule has 1 aromatic carbocycles. The van der Waals surface area contributed by atoms with Gasteiger partial charge in [0.2, 0.25) is 0 Å². The largest absolute Gasteiger partial charge is 0.390 e.